The summed E-state index contributed by atoms with van der Waals surface area (Å²) in [6.07, 6.45) is -0.329. The number of aryl methyl sites for hydroxylation is 1. The summed E-state index contributed by atoms with van der Waals surface area (Å²) in [5.41, 5.74) is 1.40. The fraction of sp³-hybridized carbons (Fsp3) is 0.769. The molecule has 0 aromatic carbocycles. The zero-order chi connectivity index (χ0) is 14.5. The number of amides is 1. The highest BCUT2D eigenvalue weighted by atomic mass is 16.6. The van der Waals surface area contributed by atoms with Crippen LogP contribution in [0.5, 0.6) is 0 Å². The molecule has 7 nitrogen and oxygen atoms in total. The number of hydrogen-bond acceptors (Lipinski definition) is 5. The van der Waals surface area contributed by atoms with E-state index in [-0.39, 0.29) is 18.2 Å². The highest BCUT2D eigenvalue weighted by Crippen LogP contribution is 2.31. The zero-order valence-electron chi connectivity index (χ0n) is 12.3. The first-order valence-electron chi connectivity index (χ1n) is 6.85. The van der Waals surface area contributed by atoms with Gasteiger partial charge in [0.2, 0.25) is 0 Å². The van der Waals surface area contributed by atoms with Gasteiger partial charge >= 0.3 is 6.09 Å². The lowest BCUT2D eigenvalue weighted by Gasteiger charge is -2.25. The summed E-state index contributed by atoms with van der Waals surface area (Å²) >= 11 is 0. The average molecular weight is 280 g/mol. The highest BCUT2D eigenvalue weighted by molar-refractivity contribution is 5.68. The van der Waals surface area contributed by atoms with Gasteiger partial charge in [-0.15, -0.1) is 5.10 Å². The van der Waals surface area contributed by atoms with Crippen LogP contribution in [0.1, 0.15) is 38.2 Å². The van der Waals surface area contributed by atoms with Crippen molar-refractivity contribution in [2.24, 2.45) is 0 Å². The van der Waals surface area contributed by atoms with Crippen LogP contribution >= 0.6 is 0 Å². The maximum absolute atomic E-state index is 12.1. The number of likely N-dealkylation sites (tertiary alicyclic amines) is 1. The quantitative estimate of drug-likeness (QED) is 0.716. The van der Waals surface area contributed by atoms with Gasteiger partial charge in [-0.25, -0.2) is 9.48 Å². The van der Waals surface area contributed by atoms with Crippen LogP contribution in [0.25, 0.3) is 0 Å². The second-order valence-corrected chi connectivity index (χ2v) is 6.37. The molecule has 3 rings (SSSR count). The molecule has 0 aliphatic carbocycles. The molecule has 1 aromatic rings. The van der Waals surface area contributed by atoms with E-state index in [0.29, 0.717) is 19.7 Å². The van der Waals surface area contributed by atoms with Gasteiger partial charge in [0.25, 0.3) is 0 Å². The maximum atomic E-state index is 12.1. The van der Waals surface area contributed by atoms with Crippen LogP contribution in [0.2, 0.25) is 0 Å². The summed E-state index contributed by atoms with van der Waals surface area (Å²) in [6.45, 7) is 9.11. The van der Waals surface area contributed by atoms with Crippen LogP contribution in [0.4, 0.5) is 4.79 Å². The number of ether oxygens (including phenoxy) is 2. The predicted octanol–water partition coefficient (Wildman–Crippen LogP) is 1.28. The van der Waals surface area contributed by atoms with Gasteiger partial charge in [-0.3, -0.25) is 0 Å². The Balaban J connectivity index is 1.75. The lowest BCUT2D eigenvalue weighted by atomic mass is 10.1. The van der Waals surface area contributed by atoms with Crippen molar-refractivity contribution in [3.05, 3.63) is 11.4 Å². The third-order valence-electron chi connectivity index (χ3n) is 3.62. The Morgan fingerprint density at radius 3 is 2.85 bits per heavy atom. The first kappa shape index (κ1) is 13.4. The third kappa shape index (κ3) is 2.26. The Morgan fingerprint density at radius 2 is 2.15 bits per heavy atom. The molecule has 0 radical (unpaired) electrons. The van der Waals surface area contributed by atoms with E-state index >= 15 is 0 Å². The Labute approximate surface area is 117 Å². The summed E-state index contributed by atoms with van der Waals surface area (Å²) in [5, 5.41) is 8.26. The summed E-state index contributed by atoms with van der Waals surface area (Å²) in [7, 11) is 0. The van der Waals surface area contributed by atoms with E-state index in [0.717, 1.165) is 11.4 Å². The van der Waals surface area contributed by atoms with E-state index in [1.54, 1.807) is 4.90 Å². The number of carbonyl (C=O) groups is 1. The van der Waals surface area contributed by atoms with Gasteiger partial charge in [-0.2, -0.15) is 0 Å². The SMILES string of the molecule is Cc1nnn2c1COC1CN(C(=O)OC(C)(C)C)CC12. The summed E-state index contributed by atoms with van der Waals surface area (Å²) < 4.78 is 13.1. The Morgan fingerprint density at radius 1 is 1.40 bits per heavy atom. The molecular weight excluding hydrogens is 260 g/mol. The molecule has 0 saturated carbocycles. The van der Waals surface area contributed by atoms with Crippen molar-refractivity contribution >= 4 is 6.09 Å². The molecule has 20 heavy (non-hydrogen) atoms. The van der Waals surface area contributed by atoms with E-state index in [1.807, 2.05) is 32.4 Å². The van der Waals surface area contributed by atoms with Crippen molar-refractivity contribution in [3.8, 4) is 0 Å². The monoisotopic (exact) mass is 280 g/mol. The number of carbonyl (C=O) groups excluding carboxylic acids is 1. The lowest BCUT2D eigenvalue weighted by Crippen LogP contribution is -2.36. The molecule has 1 saturated heterocycles. The topological polar surface area (TPSA) is 69.5 Å². The van der Waals surface area contributed by atoms with Gasteiger partial charge < -0.3 is 14.4 Å². The minimum Gasteiger partial charge on any atom is -0.444 e. The van der Waals surface area contributed by atoms with Crippen LogP contribution in [0, 0.1) is 6.92 Å². The summed E-state index contributed by atoms with van der Waals surface area (Å²) in [4.78, 5) is 13.8. The molecule has 2 aliphatic heterocycles. The van der Waals surface area contributed by atoms with Crippen molar-refractivity contribution < 1.29 is 14.3 Å². The standard InChI is InChI=1S/C13H20N4O3/c1-8-10-7-19-11-6-16(12(18)20-13(2,3)4)5-9(11)17(10)15-14-8/h9,11H,5-7H2,1-4H3. The molecular formula is C13H20N4O3. The fourth-order valence-electron chi connectivity index (χ4n) is 2.65. The normalized spacial score (nSPS) is 25.3. The van der Waals surface area contributed by atoms with Crippen molar-refractivity contribution in [1.29, 1.82) is 0 Å². The van der Waals surface area contributed by atoms with E-state index < -0.39 is 5.60 Å². The molecule has 1 amide bonds. The Hall–Kier alpha value is -1.63. The molecule has 7 heteroatoms. The van der Waals surface area contributed by atoms with E-state index in [4.69, 9.17) is 9.47 Å². The first-order valence-corrected chi connectivity index (χ1v) is 6.85. The molecule has 2 aliphatic rings. The number of hydrogen-bond donors (Lipinski definition) is 0. The number of rotatable bonds is 0. The average Bonchev–Trinajstić information content (AvgIpc) is 2.90. The van der Waals surface area contributed by atoms with Crippen LogP contribution in [-0.4, -0.2) is 50.8 Å². The molecule has 2 unspecified atom stereocenters. The largest absolute Gasteiger partial charge is 0.444 e. The fourth-order valence-corrected chi connectivity index (χ4v) is 2.65. The minimum absolute atomic E-state index is 0.0314. The van der Waals surface area contributed by atoms with Crippen LogP contribution in [0.3, 0.4) is 0 Å². The smallest absolute Gasteiger partial charge is 0.410 e. The van der Waals surface area contributed by atoms with Crippen LogP contribution in [0.15, 0.2) is 0 Å². The van der Waals surface area contributed by atoms with Gasteiger partial charge in [-0.1, -0.05) is 5.21 Å². The molecule has 110 valence electrons. The van der Waals surface area contributed by atoms with Crippen molar-refractivity contribution in [2.75, 3.05) is 13.1 Å². The van der Waals surface area contributed by atoms with Gasteiger partial charge in [-0.05, 0) is 27.7 Å². The predicted molar refractivity (Wildman–Crippen MR) is 70.2 cm³/mol. The van der Waals surface area contributed by atoms with Crippen molar-refractivity contribution in [3.63, 3.8) is 0 Å². The van der Waals surface area contributed by atoms with Gasteiger partial charge in [0.1, 0.15) is 5.60 Å². The van der Waals surface area contributed by atoms with Crippen LogP contribution < -0.4 is 0 Å². The second-order valence-electron chi connectivity index (χ2n) is 6.37. The number of fused-ring (bicyclic) bond motifs is 3. The van der Waals surface area contributed by atoms with Gasteiger partial charge in [0.05, 0.1) is 36.7 Å². The maximum Gasteiger partial charge on any atom is 0.410 e. The summed E-state index contributed by atoms with van der Waals surface area (Å²) in [6, 6.07) is 0.0347. The van der Waals surface area contributed by atoms with E-state index in [9.17, 15) is 4.79 Å². The highest BCUT2D eigenvalue weighted by Gasteiger charge is 2.43. The van der Waals surface area contributed by atoms with Gasteiger partial charge in [0.15, 0.2) is 0 Å². The molecule has 0 bridgehead atoms. The lowest BCUT2D eigenvalue weighted by molar-refractivity contribution is -0.00768. The van der Waals surface area contributed by atoms with E-state index in [1.165, 1.54) is 0 Å². The number of aromatic nitrogens is 3. The van der Waals surface area contributed by atoms with E-state index in [2.05, 4.69) is 10.3 Å². The van der Waals surface area contributed by atoms with Crippen LogP contribution in [-0.2, 0) is 16.1 Å². The molecule has 2 atom stereocenters. The number of nitrogens with zero attached hydrogens (tertiary/aromatic N) is 4. The molecule has 1 fully saturated rings. The van der Waals surface area contributed by atoms with Gasteiger partial charge in [0, 0.05) is 6.54 Å². The Kier molecular flexibility index (Phi) is 2.97. The molecule has 3 heterocycles. The summed E-state index contributed by atoms with van der Waals surface area (Å²) in [5.74, 6) is 0. The first-order chi connectivity index (χ1) is 9.35. The zero-order valence-corrected chi connectivity index (χ0v) is 12.3. The molecule has 1 aromatic heterocycles. The Bertz CT molecular complexity index is 534. The third-order valence-corrected chi connectivity index (χ3v) is 3.62. The van der Waals surface area contributed by atoms with Crippen molar-refractivity contribution in [2.45, 2.75) is 52.0 Å². The minimum atomic E-state index is -0.485. The van der Waals surface area contributed by atoms with Crippen molar-refractivity contribution in [1.82, 2.24) is 19.9 Å². The molecule has 0 spiro atoms. The molecule has 0 N–H and O–H groups in total. The second kappa shape index (κ2) is 4.44.